The van der Waals surface area contributed by atoms with Gasteiger partial charge in [-0.25, -0.2) is 0 Å². The van der Waals surface area contributed by atoms with Crippen molar-refractivity contribution >= 4 is 11.8 Å². The van der Waals surface area contributed by atoms with Crippen LogP contribution in [0.2, 0.25) is 0 Å². The van der Waals surface area contributed by atoms with E-state index in [-0.39, 0.29) is 23.9 Å². The molecule has 1 aliphatic carbocycles. The van der Waals surface area contributed by atoms with Crippen LogP contribution in [0, 0.1) is 5.92 Å². The molecule has 1 N–H and O–H groups in total. The number of amides is 2. The van der Waals surface area contributed by atoms with E-state index in [1.165, 1.54) is 0 Å². The predicted octanol–water partition coefficient (Wildman–Crippen LogP) is -0.0976. The molecular weight excluding hydrogens is 220 g/mol. The maximum Gasteiger partial charge on any atom is 0.245 e. The van der Waals surface area contributed by atoms with Crippen LogP contribution >= 0.6 is 0 Å². The van der Waals surface area contributed by atoms with E-state index in [1.807, 2.05) is 4.90 Å². The maximum atomic E-state index is 12.4. The third-order valence-electron chi connectivity index (χ3n) is 3.89. The molecule has 2 saturated heterocycles. The van der Waals surface area contributed by atoms with Crippen molar-refractivity contribution in [2.45, 2.75) is 37.8 Å². The number of hydrogen-bond donors (Lipinski definition) is 1. The van der Waals surface area contributed by atoms with E-state index in [2.05, 4.69) is 5.32 Å². The minimum Gasteiger partial charge on any atom is -0.379 e. The second kappa shape index (κ2) is 4.29. The van der Waals surface area contributed by atoms with E-state index >= 15 is 0 Å². The summed E-state index contributed by atoms with van der Waals surface area (Å²) < 4.78 is 5.34. The third-order valence-corrected chi connectivity index (χ3v) is 3.89. The summed E-state index contributed by atoms with van der Waals surface area (Å²) in [7, 11) is 0. The molecule has 2 atom stereocenters. The normalized spacial score (nSPS) is 34.7. The third kappa shape index (κ3) is 2.16. The second-order valence-corrected chi connectivity index (χ2v) is 5.18. The van der Waals surface area contributed by atoms with Crippen LogP contribution in [-0.2, 0) is 14.3 Å². The van der Waals surface area contributed by atoms with Gasteiger partial charge in [-0.2, -0.15) is 0 Å². The van der Waals surface area contributed by atoms with Gasteiger partial charge < -0.3 is 15.0 Å². The molecule has 0 aromatic rings. The van der Waals surface area contributed by atoms with Crippen LogP contribution in [0.15, 0.2) is 0 Å². The van der Waals surface area contributed by atoms with E-state index in [4.69, 9.17) is 4.74 Å². The van der Waals surface area contributed by atoms with Gasteiger partial charge in [-0.1, -0.05) is 0 Å². The minimum atomic E-state index is -0.273. The molecule has 0 bridgehead atoms. The van der Waals surface area contributed by atoms with Gasteiger partial charge in [0, 0.05) is 19.6 Å². The second-order valence-electron chi connectivity index (χ2n) is 5.18. The summed E-state index contributed by atoms with van der Waals surface area (Å²) in [6, 6.07) is -0.0953. The van der Waals surface area contributed by atoms with Crippen LogP contribution in [0.25, 0.3) is 0 Å². The van der Waals surface area contributed by atoms with Crippen molar-refractivity contribution in [2.24, 2.45) is 5.92 Å². The Balaban J connectivity index is 1.77. The van der Waals surface area contributed by atoms with Crippen LogP contribution in [0.3, 0.4) is 0 Å². The average Bonchev–Trinajstić information content (AvgIpc) is 3.04. The number of carbonyl (C=O) groups is 2. The van der Waals surface area contributed by atoms with Gasteiger partial charge in [-0.05, 0) is 25.2 Å². The highest BCUT2D eigenvalue weighted by Crippen LogP contribution is 2.34. The molecule has 1 saturated carbocycles. The molecular formula is C12H18N2O3. The summed E-state index contributed by atoms with van der Waals surface area (Å²) in [4.78, 5) is 25.9. The Morgan fingerprint density at radius 3 is 2.71 bits per heavy atom. The highest BCUT2D eigenvalue weighted by Gasteiger charge is 2.42. The molecule has 3 fully saturated rings. The van der Waals surface area contributed by atoms with Crippen molar-refractivity contribution in [3.63, 3.8) is 0 Å². The van der Waals surface area contributed by atoms with E-state index in [0.717, 1.165) is 25.9 Å². The number of nitrogens with one attached hydrogen (secondary N) is 1. The standard InChI is InChI=1S/C12H18N2O3/c15-10-3-5-14(9-4-6-17-7-9)12(16)11(13-10)8-1-2-8/h8-9,11H,1-7H2,(H,13,15). The largest absolute Gasteiger partial charge is 0.379 e. The Morgan fingerprint density at radius 2 is 2.06 bits per heavy atom. The zero-order valence-corrected chi connectivity index (χ0v) is 9.85. The quantitative estimate of drug-likeness (QED) is 0.731. The van der Waals surface area contributed by atoms with Crippen molar-refractivity contribution < 1.29 is 14.3 Å². The van der Waals surface area contributed by atoms with Gasteiger partial charge in [-0.15, -0.1) is 0 Å². The molecule has 0 spiro atoms. The van der Waals surface area contributed by atoms with Gasteiger partial charge in [0.1, 0.15) is 6.04 Å². The number of rotatable bonds is 2. The first kappa shape index (κ1) is 11.0. The molecule has 0 aromatic heterocycles. The topological polar surface area (TPSA) is 58.6 Å². The summed E-state index contributed by atoms with van der Waals surface area (Å²) in [6.07, 6.45) is 3.44. The van der Waals surface area contributed by atoms with E-state index in [9.17, 15) is 9.59 Å². The molecule has 2 heterocycles. The average molecular weight is 238 g/mol. The molecule has 3 aliphatic rings. The molecule has 2 unspecified atom stereocenters. The lowest BCUT2D eigenvalue weighted by Gasteiger charge is -2.28. The van der Waals surface area contributed by atoms with Gasteiger partial charge in [0.05, 0.1) is 12.6 Å². The summed E-state index contributed by atoms with van der Waals surface area (Å²) in [5.74, 6) is 0.486. The lowest BCUT2D eigenvalue weighted by Crippen LogP contribution is -2.49. The smallest absolute Gasteiger partial charge is 0.245 e. The lowest BCUT2D eigenvalue weighted by molar-refractivity contribution is -0.136. The number of carbonyl (C=O) groups excluding carboxylic acids is 2. The molecule has 17 heavy (non-hydrogen) atoms. The van der Waals surface area contributed by atoms with E-state index in [0.29, 0.717) is 25.5 Å². The van der Waals surface area contributed by atoms with Crippen LogP contribution in [0.1, 0.15) is 25.7 Å². The highest BCUT2D eigenvalue weighted by atomic mass is 16.5. The fourth-order valence-electron chi connectivity index (χ4n) is 2.70. The molecule has 2 amide bonds. The monoisotopic (exact) mass is 238 g/mol. The van der Waals surface area contributed by atoms with Gasteiger partial charge in [0.25, 0.3) is 0 Å². The molecule has 5 heteroatoms. The predicted molar refractivity (Wildman–Crippen MR) is 60.2 cm³/mol. The number of nitrogens with zero attached hydrogens (tertiary/aromatic N) is 1. The highest BCUT2D eigenvalue weighted by molar-refractivity contribution is 5.90. The van der Waals surface area contributed by atoms with Crippen molar-refractivity contribution in [1.82, 2.24) is 10.2 Å². The number of ether oxygens (including phenoxy) is 1. The maximum absolute atomic E-state index is 12.4. The Labute approximate surface area is 100 Å². The van der Waals surface area contributed by atoms with E-state index in [1.54, 1.807) is 0 Å². The van der Waals surface area contributed by atoms with Crippen molar-refractivity contribution in [2.75, 3.05) is 19.8 Å². The summed E-state index contributed by atoms with van der Waals surface area (Å²) in [5.41, 5.74) is 0. The van der Waals surface area contributed by atoms with Crippen molar-refractivity contribution in [3.8, 4) is 0 Å². The Kier molecular flexibility index (Phi) is 2.78. The zero-order chi connectivity index (χ0) is 11.8. The first-order valence-electron chi connectivity index (χ1n) is 6.43. The first-order chi connectivity index (χ1) is 8.25. The summed E-state index contributed by atoms with van der Waals surface area (Å²) in [6.45, 7) is 1.89. The van der Waals surface area contributed by atoms with E-state index < -0.39 is 0 Å². The molecule has 5 nitrogen and oxygen atoms in total. The minimum absolute atomic E-state index is 0.0108. The van der Waals surface area contributed by atoms with Crippen LogP contribution in [-0.4, -0.2) is 48.6 Å². The van der Waals surface area contributed by atoms with Gasteiger partial charge in [-0.3, -0.25) is 9.59 Å². The molecule has 3 rings (SSSR count). The first-order valence-corrected chi connectivity index (χ1v) is 6.43. The van der Waals surface area contributed by atoms with Gasteiger partial charge >= 0.3 is 0 Å². The van der Waals surface area contributed by atoms with Gasteiger partial charge in [0.15, 0.2) is 0 Å². The van der Waals surface area contributed by atoms with Crippen LogP contribution in [0.5, 0.6) is 0 Å². The Hall–Kier alpha value is -1.10. The summed E-state index contributed by atoms with van der Waals surface area (Å²) >= 11 is 0. The molecule has 0 radical (unpaired) electrons. The fourth-order valence-corrected chi connectivity index (χ4v) is 2.70. The summed E-state index contributed by atoms with van der Waals surface area (Å²) in [5, 5.41) is 2.87. The SMILES string of the molecule is O=C1CCN(C2CCOC2)C(=O)C(C2CC2)N1. The number of hydrogen-bond acceptors (Lipinski definition) is 3. The fraction of sp³-hybridized carbons (Fsp3) is 0.833. The molecule has 0 aromatic carbocycles. The van der Waals surface area contributed by atoms with Crippen molar-refractivity contribution in [1.29, 1.82) is 0 Å². The Morgan fingerprint density at radius 1 is 1.24 bits per heavy atom. The van der Waals surface area contributed by atoms with Gasteiger partial charge in [0.2, 0.25) is 11.8 Å². The molecule has 94 valence electrons. The zero-order valence-electron chi connectivity index (χ0n) is 9.85. The van der Waals surface area contributed by atoms with Crippen LogP contribution in [0.4, 0.5) is 0 Å². The van der Waals surface area contributed by atoms with Crippen molar-refractivity contribution in [3.05, 3.63) is 0 Å². The van der Waals surface area contributed by atoms with Crippen LogP contribution < -0.4 is 5.32 Å². The Bertz CT molecular complexity index is 335. The molecule has 2 aliphatic heterocycles. The lowest BCUT2D eigenvalue weighted by atomic mass is 10.1.